The van der Waals surface area contributed by atoms with Gasteiger partial charge in [0.1, 0.15) is 5.82 Å². The molecule has 0 unspecified atom stereocenters. The van der Waals surface area contributed by atoms with Gasteiger partial charge in [0.05, 0.1) is 0 Å². The van der Waals surface area contributed by atoms with Crippen LogP contribution >= 0.6 is 15.9 Å². The maximum absolute atomic E-state index is 12.5. The minimum absolute atomic E-state index is 0.226. The van der Waals surface area contributed by atoms with Gasteiger partial charge in [-0.1, -0.05) is 0 Å². The first-order valence-corrected chi connectivity index (χ1v) is 8.39. The first kappa shape index (κ1) is 14.8. The molecule has 0 aromatic carbocycles. The van der Waals surface area contributed by atoms with Crippen molar-refractivity contribution in [3.63, 3.8) is 0 Å². The average molecular weight is 353 g/mol. The molecule has 0 saturated carbocycles. The topological polar surface area (TPSA) is 48.5 Å². The van der Waals surface area contributed by atoms with E-state index >= 15 is 0 Å². The molecule has 3 rings (SSSR count). The summed E-state index contributed by atoms with van der Waals surface area (Å²) < 4.78 is 0.992. The number of piperazine rings is 1. The molecule has 5 nitrogen and oxygen atoms in total. The Morgan fingerprint density at radius 1 is 1.19 bits per heavy atom. The van der Waals surface area contributed by atoms with Crippen molar-refractivity contribution >= 4 is 27.7 Å². The van der Waals surface area contributed by atoms with Crippen LogP contribution < -0.4 is 10.2 Å². The number of aromatic nitrogens is 1. The average Bonchev–Trinajstić information content (AvgIpc) is 2.56. The molecular formula is C15H21BrN4O. The number of pyridine rings is 1. The lowest BCUT2D eigenvalue weighted by molar-refractivity contribution is -0.136. The molecule has 2 saturated heterocycles. The fourth-order valence-electron chi connectivity index (χ4n) is 3.04. The van der Waals surface area contributed by atoms with E-state index in [1.165, 1.54) is 0 Å². The van der Waals surface area contributed by atoms with Gasteiger partial charge in [-0.15, -0.1) is 0 Å². The molecule has 114 valence electrons. The molecule has 21 heavy (non-hydrogen) atoms. The highest BCUT2D eigenvalue weighted by Crippen LogP contribution is 2.19. The third-order valence-corrected chi connectivity index (χ3v) is 4.78. The van der Waals surface area contributed by atoms with Gasteiger partial charge in [-0.3, -0.25) is 4.79 Å². The molecule has 0 radical (unpaired) electrons. The van der Waals surface area contributed by atoms with E-state index in [4.69, 9.17) is 0 Å². The maximum Gasteiger partial charge on any atom is 0.225 e. The third kappa shape index (κ3) is 3.55. The number of rotatable bonds is 2. The highest BCUT2D eigenvalue weighted by atomic mass is 79.9. The summed E-state index contributed by atoms with van der Waals surface area (Å²) in [5.74, 6) is 1.57. The lowest BCUT2D eigenvalue weighted by Gasteiger charge is -2.37. The van der Waals surface area contributed by atoms with Crippen LogP contribution in [0.5, 0.6) is 0 Å². The van der Waals surface area contributed by atoms with Gasteiger partial charge in [0.2, 0.25) is 5.91 Å². The van der Waals surface area contributed by atoms with Crippen molar-refractivity contribution in [2.45, 2.75) is 12.8 Å². The molecule has 1 aromatic heterocycles. The summed E-state index contributed by atoms with van der Waals surface area (Å²) >= 11 is 3.40. The zero-order chi connectivity index (χ0) is 14.7. The first-order chi connectivity index (χ1) is 10.2. The number of carbonyl (C=O) groups is 1. The van der Waals surface area contributed by atoms with Crippen molar-refractivity contribution in [1.82, 2.24) is 15.2 Å². The van der Waals surface area contributed by atoms with Crippen molar-refractivity contribution < 1.29 is 4.79 Å². The molecule has 0 aliphatic carbocycles. The van der Waals surface area contributed by atoms with Gasteiger partial charge in [-0.25, -0.2) is 4.98 Å². The molecule has 3 heterocycles. The molecule has 2 aliphatic rings. The molecule has 6 heteroatoms. The van der Waals surface area contributed by atoms with Crippen LogP contribution in [0.4, 0.5) is 5.82 Å². The number of nitrogens with zero attached hydrogens (tertiary/aromatic N) is 3. The minimum Gasteiger partial charge on any atom is -0.353 e. The lowest BCUT2D eigenvalue weighted by Crippen LogP contribution is -2.51. The smallest absolute Gasteiger partial charge is 0.225 e. The van der Waals surface area contributed by atoms with Gasteiger partial charge in [0.25, 0.3) is 0 Å². The highest BCUT2D eigenvalue weighted by molar-refractivity contribution is 9.10. The molecule has 0 bridgehead atoms. The van der Waals surface area contributed by atoms with Gasteiger partial charge in [-0.05, 0) is 54.0 Å². The molecule has 1 aromatic rings. The van der Waals surface area contributed by atoms with E-state index in [2.05, 4.69) is 31.1 Å². The SMILES string of the molecule is O=C(C1CCNCC1)N1CCN(c2ccc(Br)cn2)CC1. The number of hydrogen-bond acceptors (Lipinski definition) is 4. The molecular weight excluding hydrogens is 332 g/mol. The molecule has 0 atom stereocenters. The second kappa shape index (κ2) is 6.75. The largest absolute Gasteiger partial charge is 0.353 e. The van der Waals surface area contributed by atoms with Crippen molar-refractivity contribution in [2.75, 3.05) is 44.2 Å². The van der Waals surface area contributed by atoms with Gasteiger partial charge in [0, 0.05) is 42.8 Å². The Kier molecular flexibility index (Phi) is 4.75. The van der Waals surface area contributed by atoms with Gasteiger partial charge < -0.3 is 15.1 Å². The van der Waals surface area contributed by atoms with Crippen molar-refractivity contribution in [3.05, 3.63) is 22.8 Å². The summed E-state index contributed by atoms with van der Waals surface area (Å²) in [4.78, 5) is 21.2. The highest BCUT2D eigenvalue weighted by Gasteiger charge is 2.28. The Hall–Kier alpha value is -1.14. The number of nitrogens with one attached hydrogen (secondary N) is 1. The fraction of sp³-hybridized carbons (Fsp3) is 0.600. The molecule has 1 N–H and O–H groups in total. The molecule has 0 spiro atoms. The van der Waals surface area contributed by atoms with E-state index in [0.717, 1.165) is 62.4 Å². The Morgan fingerprint density at radius 3 is 2.52 bits per heavy atom. The van der Waals surface area contributed by atoms with E-state index in [-0.39, 0.29) is 5.92 Å². The summed E-state index contributed by atoms with van der Waals surface area (Å²) in [7, 11) is 0. The van der Waals surface area contributed by atoms with Crippen LogP contribution in [-0.4, -0.2) is 55.1 Å². The van der Waals surface area contributed by atoms with Crippen LogP contribution in [0, 0.1) is 5.92 Å². The molecule has 2 fully saturated rings. The standard InChI is InChI=1S/C15H21BrN4O/c16-13-1-2-14(18-11-13)19-7-9-20(10-8-19)15(21)12-3-5-17-6-4-12/h1-2,11-12,17H,3-10H2. The number of hydrogen-bond donors (Lipinski definition) is 1. The first-order valence-electron chi connectivity index (χ1n) is 7.60. The second-order valence-electron chi connectivity index (χ2n) is 5.67. The Morgan fingerprint density at radius 2 is 1.90 bits per heavy atom. The van der Waals surface area contributed by atoms with Crippen LogP contribution in [0.3, 0.4) is 0 Å². The normalized spacial score (nSPS) is 20.6. The minimum atomic E-state index is 0.226. The number of piperidine rings is 1. The number of amides is 1. The number of anilines is 1. The summed E-state index contributed by atoms with van der Waals surface area (Å²) in [6.07, 6.45) is 3.78. The zero-order valence-electron chi connectivity index (χ0n) is 12.1. The van der Waals surface area contributed by atoms with E-state index < -0.39 is 0 Å². The van der Waals surface area contributed by atoms with E-state index in [9.17, 15) is 4.79 Å². The lowest BCUT2D eigenvalue weighted by atomic mass is 9.96. The van der Waals surface area contributed by atoms with Crippen molar-refractivity contribution in [2.24, 2.45) is 5.92 Å². The van der Waals surface area contributed by atoms with Crippen LogP contribution in [0.25, 0.3) is 0 Å². The molecule has 2 aliphatic heterocycles. The predicted molar refractivity (Wildman–Crippen MR) is 86.3 cm³/mol. The number of carbonyl (C=O) groups excluding carboxylic acids is 1. The molecule has 1 amide bonds. The van der Waals surface area contributed by atoms with Crippen LogP contribution in [0.15, 0.2) is 22.8 Å². The van der Waals surface area contributed by atoms with Crippen LogP contribution in [0.1, 0.15) is 12.8 Å². The Bertz CT molecular complexity index is 479. The van der Waals surface area contributed by atoms with Gasteiger partial charge >= 0.3 is 0 Å². The summed E-state index contributed by atoms with van der Waals surface area (Å²) in [5.41, 5.74) is 0. The Labute approximate surface area is 133 Å². The van der Waals surface area contributed by atoms with E-state index in [1.807, 2.05) is 23.2 Å². The maximum atomic E-state index is 12.5. The monoisotopic (exact) mass is 352 g/mol. The quantitative estimate of drug-likeness (QED) is 0.875. The van der Waals surface area contributed by atoms with Crippen molar-refractivity contribution in [3.8, 4) is 0 Å². The fourth-order valence-corrected chi connectivity index (χ4v) is 3.27. The van der Waals surface area contributed by atoms with Crippen molar-refractivity contribution in [1.29, 1.82) is 0 Å². The van der Waals surface area contributed by atoms with E-state index in [1.54, 1.807) is 0 Å². The summed E-state index contributed by atoms with van der Waals surface area (Å²) in [6, 6.07) is 4.03. The third-order valence-electron chi connectivity index (χ3n) is 4.32. The van der Waals surface area contributed by atoms with Crippen LogP contribution in [0.2, 0.25) is 0 Å². The predicted octanol–water partition coefficient (Wildman–Crippen LogP) is 1.49. The summed E-state index contributed by atoms with van der Waals surface area (Å²) in [6.45, 7) is 5.29. The van der Waals surface area contributed by atoms with Gasteiger partial charge in [0.15, 0.2) is 0 Å². The van der Waals surface area contributed by atoms with E-state index in [0.29, 0.717) is 5.91 Å². The second-order valence-corrected chi connectivity index (χ2v) is 6.59. The van der Waals surface area contributed by atoms with Gasteiger partial charge in [-0.2, -0.15) is 0 Å². The summed E-state index contributed by atoms with van der Waals surface area (Å²) in [5, 5.41) is 3.31. The number of halogens is 1. The Balaban J connectivity index is 1.54. The zero-order valence-corrected chi connectivity index (χ0v) is 13.7. The van der Waals surface area contributed by atoms with Crippen LogP contribution in [-0.2, 0) is 4.79 Å².